The Kier molecular flexibility index (Phi) is 3.90. The second-order valence-electron chi connectivity index (χ2n) is 5.93. The first-order valence-electron chi connectivity index (χ1n) is 7.82. The summed E-state index contributed by atoms with van der Waals surface area (Å²) in [4.78, 5) is 26.7. The molecule has 2 aromatic carbocycles. The van der Waals surface area contributed by atoms with Crippen LogP contribution in [0.3, 0.4) is 0 Å². The van der Waals surface area contributed by atoms with E-state index in [2.05, 4.69) is 5.32 Å². The Hall–Kier alpha value is -2.62. The first-order chi connectivity index (χ1) is 11.1. The number of hydrogen-bond donors (Lipinski definition) is 1. The van der Waals surface area contributed by atoms with Crippen molar-refractivity contribution in [3.8, 4) is 0 Å². The smallest absolute Gasteiger partial charge is 0.319 e. The van der Waals surface area contributed by atoms with Crippen LogP contribution in [-0.2, 0) is 16.9 Å². The van der Waals surface area contributed by atoms with Gasteiger partial charge < -0.3 is 5.32 Å². The molecule has 0 bridgehead atoms. The standard InChI is InChI=1S/C19H20N2O2/c1-3-19(16-7-5-4-6-8-16)17(22)21(18(23)20-19)13-15-11-9-14(2)10-12-15/h4-12H,3,13H2,1-2H3,(H,20,23). The molecule has 1 fully saturated rings. The molecule has 1 aliphatic rings. The van der Waals surface area contributed by atoms with Crippen molar-refractivity contribution in [1.82, 2.24) is 10.2 Å². The summed E-state index contributed by atoms with van der Waals surface area (Å²) in [7, 11) is 0. The van der Waals surface area contributed by atoms with Crippen molar-refractivity contribution in [2.24, 2.45) is 0 Å². The summed E-state index contributed by atoms with van der Waals surface area (Å²) >= 11 is 0. The number of aryl methyl sites for hydroxylation is 1. The van der Waals surface area contributed by atoms with Gasteiger partial charge in [-0.1, -0.05) is 67.1 Å². The monoisotopic (exact) mass is 308 g/mol. The zero-order chi connectivity index (χ0) is 16.4. The number of rotatable bonds is 4. The fraction of sp³-hybridized carbons (Fsp3) is 0.263. The van der Waals surface area contributed by atoms with Crippen molar-refractivity contribution >= 4 is 11.9 Å². The average molecular weight is 308 g/mol. The largest absolute Gasteiger partial charge is 0.325 e. The van der Waals surface area contributed by atoms with Crippen LogP contribution in [0, 0.1) is 6.92 Å². The number of carbonyl (C=O) groups is 2. The number of urea groups is 1. The summed E-state index contributed by atoms with van der Waals surface area (Å²) in [6.45, 7) is 4.22. The van der Waals surface area contributed by atoms with Gasteiger partial charge in [-0.2, -0.15) is 0 Å². The Morgan fingerprint density at radius 2 is 1.65 bits per heavy atom. The molecule has 1 aliphatic heterocycles. The minimum absolute atomic E-state index is 0.184. The van der Waals surface area contributed by atoms with E-state index in [0.717, 1.165) is 16.7 Å². The van der Waals surface area contributed by atoms with Gasteiger partial charge in [0.15, 0.2) is 0 Å². The second kappa shape index (κ2) is 5.88. The lowest BCUT2D eigenvalue weighted by Gasteiger charge is -2.25. The van der Waals surface area contributed by atoms with Crippen molar-refractivity contribution in [3.05, 3.63) is 71.3 Å². The van der Waals surface area contributed by atoms with Crippen LogP contribution in [-0.4, -0.2) is 16.8 Å². The van der Waals surface area contributed by atoms with E-state index in [9.17, 15) is 9.59 Å². The van der Waals surface area contributed by atoms with Gasteiger partial charge in [0, 0.05) is 0 Å². The molecule has 2 aromatic rings. The molecule has 118 valence electrons. The van der Waals surface area contributed by atoms with Gasteiger partial charge in [-0.25, -0.2) is 4.79 Å². The van der Waals surface area contributed by atoms with Crippen LogP contribution in [0.5, 0.6) is 0 Å². The highest BCUT2D eigenvalue weighted by Gasteiger charge is 2.50. The summed E-state index contributed by atoms with van der Waals surface area (Å²) < 4.78 is 0. The van der Waals surface area contributed by atoms with Gasteiger partial charge in [0.2, 0.25) is 0 Å². The number of nitrogens with zero attached hydrogens (tertiary/aromatic N) is 1. The van der Waals surface area contributed by atoms with Crippen LogP contribution < -0.4 is 5.32 Å². The molecule has 1 N–H and O–H groups in total. The van der Waals surface area contributed by atoms with Crippen LogP contribution in [0.1, 0.15) is 30.0 Å². The molecular formula is C19H20N2O2. The fourth-order valence-electron chi connectivity index (χ4n) is 3.01. The lowest BCUT2D eigenvalue weighted by molar-refractivity contribution is -0.132. The Balaban J connectivity index is 1.91. The first-order valence-corrected chi connectivity index (χ1v) is 7.82. The molecule has 0 saturated carbocycles. The topological polar surface area (TPSA) is 49.4 Å². The molecule has 23 heavy (non-hydrogen) atoms. The third kappa shape index (κ3) is 2.61. The molecular weight excluding hydrogens is 288 g/mol. The zero-order valence-electron chi connectivity index (χ0n) is 13.4. The second-order valence-corrected chi connectivity index (χ2v) is 5.93. The third-order valence-electron chi connectivity index (χ3n) is 4.43. The van der Waals surface area contributed by atoms with E-state index in [4.69, 9.17) is 0 Å². The molecule has 0 aromatic heterocycles. The van der Waals surface area contributed by atoms with Crippen molar-refractivity contribution < 1.29 is 9.59 Å². The molecule has 1 unspecified atom stereocenters. The molecule has 0 spiro atoms. The maximum absolute atomic E-state index is 13.0. The van der Waals surface area contributed by atoms with Crippen LogP contribution >= 0.6 is 0 Å². The van der Waals surface area contributed by atoms with Crippen molar-refractivity contribution in [2.45, 2.75) is 32.4 Å². The average Bonchev–Trinajstić information content (AvgIpc) is 2.83. The van der Waals surface area contributed by atoms with E-state index in [1.165, 1.54) is 4.90 Å². The predicted molar refractivity (Wildman–Crippen MR) is 88.7 cm³/mol. The summed E-state index contributed by atoms with van der Waals surface area (Å²) in [5, 5.41) is 2.90. The minimum Gasteiger partial charge on any atom is -0.319 e. The van der Waals surface area contributed by atoms with Gasteiger partial charge in [0.05, 0.1) is 6.54 Å². The molecule has 1 heterocycles. The van der Waals surface area contributed by atoms with Gasteiger partial charge in [0.1, 0.15) is 5.54 Å². The van der Waals surface area contributed by atoms with Gasteiger partial charge in [0.25, 0.3) is 5.91 Å². The quantitative estimate of drug-likeness (QED) is 0.881. The fourth-order valence-corrected chi connectivity index (χ4v) is 3.01. The third-order valence-corrected chi connectivity index (χ3v) is 4.43. The molecule has 3 rings (SSSR count). The van der Waals surface area contributed by atoms with E-state index in [1.807, 2.05) is 68.4 Å². The van der Waals surface area contributed by atoms with E-state index in [1.54, 1.807) is 0 Å². The molecule has 4 heteroatoms. The Labute approximate surface area is 136 Å². The molecule has 0 aliphatic carbocycles. The van der Waals surface area contributed by atoms with Crippen LogP contribution in [0.25, 0.3) is 0 Å². The van der Waals surface area contributed by atoms with Gasteiger partial charge in [-0.15, -0.1) is 0 Å². The summed E-state index contributed by atoms with van der Waals surface area (Å²) in [5.74, 6) is -0.184. The highest BCUT2D eigenvalue weighted by molar-refractivity contribution is 6.07. The summed E-state index contributed by atoms with van der Waals surface area (Å²) in [6, 6.07) is 17.0. The van der Waals surface area contributed by atoms with Crippen molar-refractivity contribution in [2.75, 3.05) is 0 Å². The molecule has 1 atom stereocenters. The van der Waals surface area contributed by atoms with E-state index in [-0.39, 0.29) is 11.9 Å². The van der Waals surface area contributed by atoms with Gasteiger partial charge >= 0.3 is 6.03 Å². The minimum atomic E-state index is -0.955. The van der Waals surface area contributed by atoms with E-state index < -0.39 is 5.54 Å². The normalized spacial score (nSPS) is 20.7. The maximum Gasteiger partial charge on any atom is 0.325 e. The SMILES string of the molecule is CCC1(c2ccccc2)NC(=O)N(Cc2ccc(C)cc2)C1=O. The zero-order valence-corrected chi connectivity index (χ0v) is 13.4. The Bertz CT molecular complexity index is 725. The number of nitrogens with one attached hydrogen (secondary N) is 1. The van der Waals surface area contributed by atoms with E-state index in [0.29, 0.717) is 13.0 Å². The molecule has 3 amide bonds. The molecule has 4 nitrogen and oxygen atoms in total. The van der Waals surface area contributed by atoms with Gasteiger partial charge in [-0.3, -0.25) is 9.69 Å². The highest BCUT2D eigenvalue weighted by atomic mass is 16.2. The van der Waals surface area contributed by atoms with Crippen molar-refractivity contribution in [3.63, 3.8) is 0 Å². The number of hydrogen-bond acceptors (Lipinski definition) is 2. The first kappa shape index (κ1) is 15.3. The van der Waals surface area contributed by atoms with E-state index >= 15 is 0 Å². The van der Waals surface area contributed by atoms with Crippen LogP contribution in [0.4, 0.5) is 4.79 Å². The number of carbonyl (C=O) groups excluding carboxylic acids is 2. The van der Waals surface area contributed by atoms with Crippen LogP contribution in [0.2, 0.25) is 0 Å². The summed E-state index contributed by atoms with van der Waals surface area (Å²) in [5.41, 5.74) is 1.97. The predicted octanol–water partition coefficient (Wildman–Crippen LogP) is 3.35. The Morgan fingerprint density at radius 1 is 1.00 bits per heavy atom. The van der Waals surface area contributed by atoms with Crippen molar-refractivity contribution in [1.29, 1.82) is 0 Å². The van der Waals surface area contributed by atoms with Crippen LogP contribution in [0.15, 0.2) is 54.6 Å². The highest BCUT2D eigenvalue weighted by Crippen LogP contribution is 2.33. The lowest BCUT2D eigenvalue weighted by Crippen LogP contribution is -2.43. The number of imide groups is 1. The number of amides is 3. The lowest BCUT2D eigenvalue weighted by atomic mass is 9.87. The van der Waals surface area contributed by atoms with Gasteiger partial charge in [-0.05, 0) is 24.5 Å². The Morgan fingerprint density at radius 3 is 2.26 bits per heavy atom. The summed E-state index contributed by atoms with van der Waals surface area (Å²) in [6.07, 6.45) is 0.520. The maximum atomic E-state index is 13.0. The molecule has 0 radical (unpaired) electrons. The number of benzene rings is 2. The molecule has 1 saturated heterocycles.